The summed E-state index contributed by atoms with van der Waals surface area (Å²) in [5, 5.41) is 13.4. The Morgan fingerprint density at radius 2 is 2.11 bits per heavy atom. The van der Waals surface area contributed by atoms with Gasteiger partial charge in [0.2, 0.25) is 0 Å². The first-order valence-electron chi connectivity index (χ1n) is 6.13. The highest BCUT2D eigenvalue weighted by molar-refractivity contribution is 5.31. The molecule has 0 aliphatic carbocycles. The number of ether oxygens (including phenoxy) is 1. The quantitative estimate of drug-likeness (QED) is 0.818. The van der Waals surface area contributed by atoms with Crippen molar-refractivity contribution in [1.29, 1.82) is 0 Å². The minimum Gasteiger partial charge on any atom is -0.494 e. The van der Waals surface area contributed by atoms with E-state index in [9.17, 15) is 9.50 Å². The van der Waals surface area contributed by atoms with E-state index in [1.165, 1.54) is 7.11 Å². The lowest BCUT2D eigenvalue weighted by Gasteiger charge is -2.25. The van der Waals surface area contributed by atoms with Gasteiger partial charge in [0, 0.05) is 19.0 Å². The molecule has 0 aliphatic rings. The normalized spacial score (nSPS) is 14.6. The average Bonchev–Trinajstić information content (AvgIpc) is 2.29. The maximum Gasteiger partial charge on any atom is 0.168 e. The van der Waals surface area contributed by atoms with Crippen LogP contribution in [0.15, 0.2) is 18.2 Å². The average molecular weight is 255 g/mol. The second-order valence-electron chi connectivity index (χ2n) is 5.14. The van der Waals surface area contributed by atoms with Crippen LogP contribution < -0.4 is 10.1 Å². The second kappa shape index (κ2) is 6.16. The molecule has 1 aromatic carbocycles. The first-order chi connectivity index (χ1) is 8.35. The van der Waals surface area contributed by atoms with Gasteiger partial charge in [-0.05, 0) is 18.6 Å². The second-order valence-corrected chi connectivity index (χ2v) is 5.14. The summed E-state index contributed by atoms with van der Waals surface area (Å²) in [6, 6.07) is 5.25. The van der Waals surface area contributed by atoms with Crippen molar-refractivity contribution in [1.82, 2.24) is 5.32 Å². The minimum atomic E-state index is -0.989. The molecular weight excluding hydrogens is 233 g/mol. The summed E-state index contributed by atoms with van der Waals surface area (Å²) in [5.74, 6) is -0.190. The lowest BCUT2D eigenvalue weighted by Crippen LogP contribution is -2.42. The van der Waals surface area contributed by atoms with Crippen molar-refractivity contribution < 1.29 is 14.2 Å². The van der Waals surface area contributed by atoms with Crippen molar-refractivity contribution in [3.8, 4) is 5.75 Å². The van der Waals surface area contributed by atoms with E-state index in [4.69, 9.17) is 4.74 Å². The summed E-state index contributed by atoms with van der Waals surface area (Å²) in [6.07, 6.45) is 0.246. The monoisotopic (exact) mass is 255 g/mol. The largest absolute Gasteiger partial charge is 0.494 e. The number of halogens is 1. The van der Waals surface area contributed by atoms with Gasteiger partial charge in [-0.1, -0.05) is 26.0 Å². The molecule has 3 nitrogen and oxygen atoms in total. The summed E-state index contributed by atoms with van der Waals surface area (Å²) < 4.78 is 18.9. The van der Waals surface area contributed by atoms with Crippen LogP contribution in [0.4, 0.5) is 4.39 Å². The Bertz CT molecular complexity index is 391. The minimum absolute atomic E-state index is 0.208. The molecule has 0 fully saturated rings. The summed E-state index contributed by atoms with van der Waals surface area (Å²) in [5.41, 5.74) is -0.526. The molecule has 4 heteroatoms. The van der Waals surface area contributed by atoms with Crippen LogP contribution in [0.1, 0.15) is 26.3 Å². The molecule has 0 saturated carbocycles. The Hall–Kier alpha value is -1.13. The van der Waals surface area contributed by atoms with E-state index in [-0.39, 0.29) is 18.2 Å². The van der Waals surface area contributed by atoms with Crippen LogP contribution in [0.5, 0.6) is 5.75 Å². The molecule has 2 N–H and O–H groups in total. The van der Waals surface area contributed by atoms with E-state index in [1.54, 1.807) is 25.1 Å². The van der Waals surface area contributed by atoms with Gasteiger partial charge in [0.15, 0.2) is 11.6 Å². The van der Waals surface area contributed by atoms with Crippen LogP contribution in [0.3, 0.4) is 0 Å². The van der Waals surface area contributed by atoms with Crippen molar-refractivity contribution >= 4 is 0 Å². The molecule has 1 aromatic rings. The van der Waals surface area contributed by atoms with Gasteiger partial charge in [-0.15, -0.1) is 0 Å². The van der Waals surface area contributed by atoms with Gasteiger partial charge in [0.05, 0.1) is 12.7 Å². The number of rotatable bonds is 6. The third-order valence-electron chi connectivity index (χ3n) is 2.73. The fraction of sp³-hybridized carbons (Fsp3) is 0.571. The lowest BCUT2D eigenvalue weighted by molar-refractivity contribution is 0.0572. The molecule has 102 valence electrons. The van der Waals surface area contributed by atoms with Crippen LogP contribution in [0.2, 0.25) is 0 Å². The predicted molar refractivity (Wildman–Crippen MR) is 70.4 cm³/mol. The first-order valence-corrected chi connectivity index (χ1v) is 6.13. The predicted octanol–water partition coefficient (Wildman–Crippen LogP) is 2.13. The topological polar surface area (TPSA) is 41.5 Å². The highest BCUT2D eigenvalue weighted by Crippen LogP contribution is 2.23. The molecule has 0 radical (unpaired) electrons. The molecule has 1 unspecified atom stereocenters. The fourth-order valence-electron chi connectivity index (χ4n) is 1.75. The third kappa shape index (κ3) is 4.27. The Labute approximate surface area is 108 Å². The zero-order valence-corrected chi connectivity index (χ0v) is 11.5. The summed E-state index contributed by atoms with van der Waals surface area (Å²) >= 11 is 0. The molecule has 1 rings (SSSR count). The lowest BCUT2D eigenvalue weighted by atomic mass is 9.95. The molecular formula is C14H22FNO2. The van der Waals surface area contributed by atoms with Crippen molar-refractivity contribution in [2.24, 2.45) is 0 Å². The molecule has 0 heterocycles. The van der Waals surface area contributed by atoms with Crippen LogP contribution >= 0.6 is 0 Å². The fourth-order valence-corrected chi connectivity index (χ4v) is 1.75. The zero-order valence-electron chi connectivity index (χ0n) is 11.5. The zero-order chi connectivity index (χ0) is 13.8. The molecule has 1 atom stereocenters. The molecule has 0 spiro atoms. The number of nitrogens with one attached hydrogen (secondary N) is 1. The maximum atomic E-state index is 13.9. The number of benzene rings is 1. The maximum absolute atomic E-state index is 13.9. The van der Waals surface area contributed by atoms with Gasteiger partial charge in [-0.25, -0.2) is 4.39 Å². The Kier molecular flexibility index (Phi) is 5.11. The van der Waals surface area contributed by atoms with Crippen LogP contribution in [-0.4, -0.2) is 30.4 Å². The summed E-state index contributed by atoms with van der Waals surface area (Å²) in [7, 11) is 1.43. The van der Waals surface area contributed by atoms with Crippen molar-refractivity contribution in [3.05, 3.63) is 29.6 Å². The van der Waals surface area contributed by atoms with E-state index in [1.807, 2.05) is 13.8 Å². The summed E-state index contributed by atoms with van der Waals surface area (Å²) in [4.78, 5) is 0. The van der Waals surface area contributed by atoms with Gasteiger partial charge in [0.25, 0.3) is 0 Å². The Balaban J connectivity index is 2.77. The molecule has 0 aliphatic heterocycles. The number of hydrogen-bond donors (Lipinski definition) is 2. The molecule has 0 amide bonds. The molecule has 0 aromatic heterocycles. The first kappa shape index (κ1) is 14.9. The van der Waals surface area contributed by atoms with Crippen LogP contribution in [0, 0.1) is 5.82 Å². The van der Waals surface area contributed by atoms with Crippen LogP contribution in [0.25, 0.3) is 0 Å². The van der Waals surface area contributed by atoms with Gasteiger partial charge < -0.3 is 15.2 Å². The van der Waals surface area contributed by atoms with E-state index in [0.717, 1.165) is 0 Å². The van der Waals surface area contributed by atoms with E-state index < -0.39 is 11.4 Å². The van der Waals surface area contributed by atoms with E-state index in [2.05, 4.69) is 5.32 Å². The molecule has 18 heavy (non-hydrogen) atoms. The number of methoxy groups -OCH3 is 1. The van der Waals surface area contributed by atoms with Gasteiger partial charge in [-0.3, -0.25) is 0 Å². The van der Waals surface area contributed by atoms with E-state index in [0.29, 0.717) is 12.1 Å². The van der Waals surface area contributed by atoms with Gasteiger partial charge in [0.1, 0.15) is 0 Å². The third-order valence-corrected chi connectivity index (χ3v) is 2.73. The Morgan fingerprint density at radius 1 is 1.44 bits per heavy atom. The standard InChI is InChI=1S/C14H22FNO2/c1-10(2)16-9-14(3,17)8-11-6-5-7-12(18-4)13(11)15/h5-7,10,16-17H,8-9H2,1-4H3. The van der Waals surface area contributed by atoms with Gasteiger partial charge >= 0.3 is 0 Å². The molecule has 0 bridgehead atoms. The van der Waals surface area contributed by atoms with Gasteiger partial charge in [-0.2, -0.15) is 0 Å². The van der Waals surface area contributed by atoms with Crippen molar-refractivity contribution in [2.45, 2.75) is 38.8 Å². The smallest absolute Gasteiger partial charge is 0.168 e. The Morgan fingerprint density at radius 3 is 2.67 bits per heavy atom. The summed E-state index contributed by atoms with van der Waals surface area (Å²) in [6.45, 7) is 6.12. The number of hydrogen-bond acceptors (Lipinski definition) is 3. The van der Waals surface area contributed by atoms with E-state index >= 15 is 0 Å². The number of aliphatic hydroxyl groups is 1. The highest BCUT2D eigenvalue weighted by Gasteiger charge is 2.23. The SMILES string of the molecule is COc1cccc(CC(C)(O)CNC(C)C)c1F. The van der Waals surface area contributed by atoms with Crippen molar-refractivity contribution in [3.63, 3.8) is 0 Å². The molecule has 0 saturated heterocycles. The van der Waals surface area contributed by atoms with Crippen molar-refractivity contribution in [2.75, 3.05) is 13.7 Å². The van der Waals surface area contributed by atoms with Crippen LogP contribution in [-0.2, 0) is 6.42 Å². The highest BCUT2D eigenvalue weighted by atomic mass is 19.1.